The largest absolute Gasteiger partial charge is 0.379 e. The highest BCUT2D eigenvalue weighted by atomic mass is 79.9. The molecule has 0 saturated carbocycles. The molecule has 3 nitrogen and oxygen atoms in total. The highest BCUT2D eigenvalue weighted by molar-refractivity contribution is 9.10. The third-order valence-electron chi connectivity index (χ3n) is 2.23. The molecule has 0 saturated heterocycles. The molecule has 1 aromatic carbocycles. The van der Waals surface area contributed by atoms with Crippen LogP contribution in [0.1, 0.15) is 11.3 Å². The van der Waals surface area contributed by atoms with E-state index in [4.69, 9.17) is 5.26 Å². The smallest absolute Gasteiger partial charge is 0.0992 e. The quantitative estimate of drug-likeness (QED) is 0.942. The van der Waals surface area contributed by atoms with Crippen molar-refractivity contribution in [2.24, 2.45) is 0 Å². The first-order valence-corrected chi connectivity index (χ1v) is 5.92. The first-order chi connectivity index (χ1) is 8.28. The molecule has 2 rings (SSSR count). The Bertz CT molecular complexity index is 546. The van der Waals surface area contributed by atoms with Crippen molar-refractivity contribution in [2.45, 2.75) is 6.54 Å². The molecule has 2 aromatic rings. The number of benzene rings is 1. The molecule has 0 unspecified atom stereocenters. The zero-order valence-electron chi connectivity index (χ0n) is 9.02. The van der Waals surface area contributed by atoms with E-state index in [0.717, 1.165) is 15.9 Å². The second-order valence-electron chi connectivity index (χ2n) is 3.52. The van der Waals surface area contributed by atoms with Crippen molar-refractivity contribution in [1.29, 1.82) is 5.26 Å². The lowest BCUT2D eigenvalue weighted by Crippen LogP contribution is -2.01. The van der Waals surface area contributed by atoms with Crippen molar-refractivity contribution < 1.29 is 0 Å². The van der Waals surface area contributed by atoms with Crippen LogP contribution < -0.4 is 5.32 Å². The van der Waals surface area contributed by atoms with Crippen LogP contribution in [0.2, 0.25) is 0 Å². The molecule has 0 aliphatic rings. The Labute approximate surface area is 108 Å². The van der Waals surface area contributed by atoms with Crippen molar-refractivity contribution >= 4 is 21.6 Å². The number of hydrogen-bond acceptors (Lipinski definition) is 3. The SMILES string of the molecule is N#Cc1cc(Br)cc(NCc2ccccn2)c1. The van der Waals surface area contributed by atoms with Gasteiger partial charge in [-0.25, -0.2) is 0 Å². The summed E-state index contributed by atoms with van der Waals surface area (Å²) >= 11 is 3.37. The first kappa shape index (κ1) is 11.6. The summed E-state index contributed by atoms with van der Waals surface area (Å²) in [6, 6.07) is 13.4. The molecule has 0 radical (unpaired) electrons. The van der Waals surface area contributed by atoms with Crippen molar-refractivity contribution in [2.75, 3.05) is 5.32 Å². The highest BCUT2D eigenvalue weighted by Crippen LogP contribution is 2.19. The van der Waals surface area contributed by atoms with Crippen molar-refractivity contribution in [3.05, 3.63) is 58.3 Å². The molecule has 4 heteroatoms. The van der Waals surface area contributed by atoms with Gasteiger partial charge in [0.05, 0.1) is 23.9 Å². The van der Waals surface area contributed by atoms with Crippen LogP contribution in [0.3, 0.4) is 0 Å². The summed E-state index contributed by atoms with van der Waals surface area (Å²) in [4.78, 5) is 4.22. The highest BCUT2D eigenvalue weighted by Gasteiger charge is 1.99. The molecule has 17 heavy (non-hydrogen) atoms. The Kier molecular flexibility index (Phi) is 3.73. The fraction of sp³-hybridized carbons (Fsp3) is 0.0769. The number of rotatable bonds is 3. The number of halogens is 1. The monoisotopic (exact) mass is 287 g/mol. The van der Waals surface area contributed by atoms with E-state index in [1.807, 2.05) is 30.3 Å². The van der Waals surface area contributed by atoms with E-state index < -0.39 is 0 Å². The number of anilines is 1. The van der Waals surface area contributed by atoms with Gasteiger partial charge in [0, 0.05) is 16.4 Å². The average Bonchev–Trinajstić information content (AvgIpc) is 2.37. The van der Waals surface area contributed by atoms with Gasteiger partial charge >= 0.3 is 0 Å². The molecule has 0 spiro atoms. The van der Waals surface area contributed by atoms with Crippen LogP contribution in [0.15, 0.2) is 47.1 Å². The predicted molar refractivity (Wildman–Crippen MR) is 70.4 cm³/mol. The number of nitrogens with one attached hydrogen (secondary N) is 1. The molecule has 1 aromatic heterocycles. The second kappa shape index (κ2) is 5.46. The minimum absolute atomic E-state index is 0.628. The summed E-state index contributed by atoms with van der Waals surface area (Å²) in [6.45, 7) is 0.641. The molecule has 0 fully saturated rings. The average molecular weight is 288 g/mol. The van der Waals surface area contributed by atoms with E-state index in [2.05, 4.69) is 32.3 Å². The lowest BCUT2D eigenvalue weighted by atomic mass is 10.2. The molecule has 0 aliphatic carbocycles. The molecular weight excluding hydrogens is 278 g/mol. The zero-order chi connectivity index (χ0) is 12.1. The maximum Gasteiger partial charge on any atom is 0.0992 e. The Balaban J connectivity index is 2.10. The van der Waals surface area contributed by atoms with Crippen LogP contribution >= 0.6 is 15.9 Å². The number of aromatic nitrogens is 1. The van der Waals surface area contributed by atoms with Crippen LogP contribution in [0, 0.1) is 11.3 Å². The van der Waals surface area contributed by atoms with Crippen molar-refractivity contribution in [3.8, 4) is 6.07 Å². The maximum absolute atomic E-state index is 8.86. The van der Waals surface area contributed by atoms with Crippen LogP contribution in [0.25, 0.3) is 0 Å². The molecular formula is C13H10BrN3. The Morgan fingerprint density at radius 3 is 2.88 bits per heavy atom. The summed E-state index contributed by atoms with van der Waals surface area (Å²) in [7, 11) is 0. The number of hydrogen-bond donors (Lipinski definition) is 1. The van der Waals surface area contributed by atoms with Gasteiger partial charge in [-0.3, -0.25) is 4.98 Å². The third-order valence-corrected chi connectivity index (χ3v) is 2.68. The maximum atomic E-state index is 8.86. The predicted octanol–water partition coefficient (Wildman–Crippen LogP) is 3.33. The molecule has 1 heterocycles. The topological polar surface area (TPSA) is 48.7 Å². The van der Waals surface area contributed by atoms with Gasteiger partial charge in [-0.1, -0.05) is 22.0 Å². The molecule has 0 amide bonds. The van der Waals surface area contributed by atoms with Gasteiger partial charge in [-0.2, -0.15) is 5.26 Å². The van der Waals surface area contributed by atoms with Gasteiger partial charge in [0.25, 0.3) is 0 Å². The van der Waals surface area contributed by atoms with E-state index >= 15 is 0 Å². The molecule has 84 valence electrons. The van der Waals surface area contributed by atoms with Gasteiger partial charge in [0.15, 0.2) is 0 Å². The van der Waals surface area contributed by atoms with Crippen molar-refractivity contribution in [1.82, 2.24) is 4.98 Å². The van der Waals surface area contributed by atoms with Gasteiger partial charge in [-0.15, -0.1) is 0 Å². The minimum Gasteiger partial charge on any atom is -0.379 e. The molecule has 0 bridgehead atoms. The van der Waals surface area contributed by atoms with Gasteiger partial charge in [0.2, 0.25) is 0 Å². The Morgan fingerprint density at radius 2 is 2.18 bits per heavy atom. The van der Waals surface area contributed by atoms with E-state index in [1.54, 1.807) is 12.3 Å². The first-order valence-electron chi connectivity index (χ1n) is 5.12. The van der Waals surface area contributed by atoms with Crippen LogP contribution in [-0.2, 0) is 6.54 Å². The molecule has 0 atom stereocenters. The normalized spacial score (nSPS) is 9.65. The standard InChI is InChI=1S/C13H10BrN3/c14-11-5-10(8-15)6-13(7-11)17-9-12-3-1-2-4-16-12/h1-7,17H,9H2. The Morgan fingerprint density at radius 1 is 1.29 bits per heavy atom. The van der Waals surface area contributed by atoms with Crippen LogP contribution in [0.5, 0.6) is 0 Å². The van der Waals surface area contributed by atoms with E-state index in [-0.39, 0.29) is 0 Å². The van der Waals surface area contributed by atoms with Gasteiger partial charge in [-0.05, 0) is 30.3 Å². The second-order valence-corrected chi connectivity index (χ2v) is 4.43. The lowest BCUT2D eigenvalue weighted by molar-refractivity contribution is 1.05. The molecule has 0 aliphatic heterocycles. The lowest BCUT2D eigenvalue weighted by Gasteiger charge is -2.06. The van der Waals surface area contributed by atoms with Crippen molar-refractivity contribution in [3.63, 3.8) is 0 Å². The summed E-state index contributed by atoms with van der Waals surface area (Å²) in [5, 5.41) is 12.1. The summed E-state index contributed by atoms with van der Waals surface area (Å²) in [6.07, 6.45) is 1.76. The number of pyridine rings is 1. The van der Waals surface area contributed by atoms with Gasteiger partial charge < -0.3 is 5.32 Å². The number of nitriles is 1. The fourth-order valence-electron chi connectivity index (χ4n) is 1.45. The van der Waals surface area contributed by atoms with E-state index in [1.165, 1.54) is 0 Å². The summed E-state index contributed by atoms with van der Waals surface area (Å²) < 4.78 is 0.889. The van der Waals surface area contributed by atoms with E-state index in [0.29, 0.717) is 12.1 Å². The van der Waals surface area contributed by atoms with Crippen LogP contribution in [-0.4, -0.2) is 4.98 Å². The van der Waals surface area contributed by atoms with Crippen LogP contribution in [0.4, 0.5) is 5.69 Å². The Hall–Kier alpha value is -1.86. The fourth-order valence-corrected chi connectivity index (χ4v) is 1.94. The van der Waals surface area contributed by atoms with E-state index in [9.17, 15) is 0 Å². The summed E-state index contributed by atoms with van der Waals surface area (Å²) in [5.41, 5.74) is 2.50. The zero-order valence-corrected chi connectivity index (χ0v) is 10.6. The molecule has 1 N–H and O–H groups in total. The van der Waals surface area contributed by atoms with Gasteiger partial charge in [0.1, 0.15) is 0 Å². The minimum atomic E-state index is 0.628. The summed E-state index contributed by atoms with van der Waals surface area (Å²) in [5.74, 6) is 0. The number of nitrogens with zero attached hydrogens (tertiary/aromatic N) is 2. The third kappa shape index (κ3) is 3.30.